The molecule has 2 aromatic carbocycles. The average Bonchev–Trinajstić information content (AvgIpc) is 3.23. The van der Waals surface area contributed by atoms with Gasteiger partial charge in [-0.15, -0.1) is 0 Å². The number of piperidine rings is 1. The molecule has 1 fully saturated rings. The molecule has 0 saturated carbocycles. The molecule has 1 aliphatic heterocycles. The molecule has 1 saturated heterocycles. The predicted octanol–water partition coefficient (Wildman–Crippen LogP) is 3.62. The number of hydrogen-bond acceptors (Lipinski definition) is 4. The van der Waals surface area contributed by atoms with Crippen molar-refractivity contribution >= 4 is 10.0 Å². The first-order chi connectivity index (χ1) is 15.5. The summed E-state index contributed by atoms with van der Waals surface area (Å²) >= 11 is 0. The summed E-state index contributed by atoms with van der Waals surface area (Å²) in [4.78, 5) is 0.336. The Morgan fingerprint density at radius 2 is 1.88 bits per heavy atom. The maximum atomic E-state index is 13.4. The van der Waals surface area contributed by atoms with Gasteiger partial charge in [-0.05, 0) is 66.6 Å². The van der Waals surface area contributed by atoms with Crippen LogP contribution < -0.4 is 0 Å². The molecule has 0 N–H and O–H groups in total. The first-order valence-corrected chi connectivity index (χ1v) is 12.3. The monoisotopic (exact) mass is 455 g/mol. The Morgan fingerprint density at radius 3 is 2.59 bits per heavy atom. The number of methoxy groups -OCH3 is 1. The fourth-order valence-corrected chi connectivity index (χ4v) is 6.76. The number of nitrogens with zero attached hydrogens (tertiary/aromatic N) is 3. The van der Waals surface area contributed by atoms with E-state index < -0.39 is 10.0 Å². The Labute approximate surface area is 187 Å². The lowest BCUT2D eigenvalue weighted by Gasteiger charge is -2.44. The molecule has 0 spiro atoms. The van der Waals surface area contributed by atoms with Crippen LogP contribution in [0.1, 0.15) is 23.6 Å². The molecule has 0 amide bonds. The standard InChI is InChI=1S/C24H26FN3O3S/c1-31-16-23-21-14-26-28(19-9-7-18(25)8-10-19)24(21)13-17-11-12-27(15-22(17)23)32(29,30)20-5-3-2-4-6-20/h2-10,14,17,22-23H,11-13,15-16H2,1H3/t17-,22-,23?/m0/s1. The minimum Gasteiger partial charge on any atom is -0.384 e. The lowest BCUT2D eigenvalue weighted by atomic mass is 9.68. The van der Waals surface area contributed by atoms with Crippen molar-refractivity contribution in [3.8, 4) is 5.69 Å². The molecule has 1 aliphatic carbocycles. The molecule has 2 aliphatic rings. The molecule has 8 heteroatoms. The Morgan fingerprint density at radius 1 is 1.12 bits per heavy atom. The fraction of sp³-hybridized carbons (Fsp3) is 0.375. The van der Waals surface area contributed by atoms with E-state index in [0.717, 1.165) is 29.8 Å². The highest BCUT2D eigenvalue weighted by molar-refractivity contribution is 7.89. The van der Waals surface area contributed by atoms with Crippen molar-refractivity contribution in [2.24, 2.45) is 11.8 Å². The van der Waals surface area contributed by atoms with E-state index in [0.29, 0.717) is 30.5 Å². The summed E-state index contributed by atoms with van der Waals surface area (Å²) in [6.45, 7) is 1.47. The second kappa shape index (κ2) is 8.42. The van der Waals surface area contributed by atoms with Crippen LogP contribution in [0.4, 0.5) is 4.39 Å². The van der Waals surface area contributed by atoms with Gasteiger partial charge in [0, 0.05) is 31.8 Å². The van der Waals surface area contributed by atoms with Crippen LogP contribution in [-0.4, -0.2) is 49.3 Å². The Balaban J connectivity index is 1.47. The molecule has 0 bridgehead atoms. The summed E-state index contributed by atoms with van der Waals surface area (Å²) < 4.78 is 49.0. The number of aromatic nitrogens is 2. The van der Waals surface area contributed by atoms with E-state index in [1.54, 1.807) is 47.8 Å². The van der Waals surface area contributed by atoms with E-state index in [4.69, 9.17) is 4.74 Å². The zero-order chi connectivity index (χ0) is 22.3. The van der Waals surface area contributed by atoms with Gasteiger partial charge in [0.2, 0.25) is 10.0 Å². The van der Waals surface area contributed by atoms with E-state index in [1.807, 2.05) is 16.9 Å². The van der Waals surface area contributed by atoms with Gasteiger partial charge in [-0.2, -0.15) is 9.40 Å². The first-order valence-electron chi connectivity index (χ1n) is 10.9. The minimum atomic E-state index is -3.53. The van der Waals surface area contributed by atoms with Gasteiger partial charge in [-0.3, -0.25) is 0 Å². The number of halogens is 1. The molecule has 5 rings (SSSR count). The molecule has 3 aromatic rings. The van der Waals surface area contributed by atoms with Gasteiger partial charge in [0.25, 0.3) is 0 Å². The van der Waals surface area contributed by atoms with E-state index in [1.165, 1.54) is 12.1 Å². The number of fused-ring (bicyclic) bond motifs is 2. The third-order valence-electron chi connectivity index (χ3n) is 6.84. The Hall–Kier alpha value is -2.55. The van der Waals surface area contributed by atoms with E-state index in [2.05, 4.69) is 5.10 Å². The average molecular weight is 456 g/mol. The van der Waals surface area contributed by atoms with Crippen LogP contribution in [0, 0.1) is 17.7 Å². The SMILES string of the molecule is COCC1c2cnn(-c3ccc(F)cc3)c2C[C@@H]2CCN(S(=O)(=O)c3ccccc3)C[C@H]12. The van der Waals surface area contributed by atoms with Crippen LogP contribution in [0.2, 0.25) is 0 Å². The smallest absolute Gasteiger partial charge is 0.243 e. The molecule has 6 nitrogen and oxygen atoms in total. The first kappa shape index (κ1) is 21.3. The summed E-state index contributed by atoms with van der Waals surface area (Å²) in [7, 11) is -1.86. The molecule has 1 unspecified atom stereocenters. The van der Waals surface area contributed by atoms with E-state index in [-0.39, 0.29) is 17.7 Å². The topological polar surface area (TPSA) is 64.4 Å². The van der Waals surface area contributed by atoms with Gasteiger partial charge in [0.15, 0.2) is 0 Å². The van der Waals surface area contributed by atoms with Gasteiger partial charge in [0.05, 0.1) is 23.4 Å². The van der Waals surface area contributed by atoms with Crippen LogP contribution in [0.5, 0.6) is 0 Å². The summed E-state index contributed by atoms with van der Waals surface area (Å²) in [5.41, 5.74) is 3.03. The van der Waals surface area contributed by atoms with Crippen LogP contribution >= 0.6 is 0 Å². The van der Waals surface area contributed by atoms with E-state index in [9.17, 15) is 12.8 Å². The van der Waals surface area contributed by atoms with Crippen LogP contribution in [0.25, 0.3) is 5.69 Å². The highest BCUT2D eigenvalue weighted by Gasteiger charge is 2.44. The largest absolute Gasteiger partial charge is 0.384 e. The van der Waals surface area contributed by atoms with Crippen molar-refractivity contribution in [1.29, 1.82) is 0 Å². The molecular weight excluding hydrogens is 429 g/mol. The van der Waals surface area contributed by atoms with Gasteiger partial charge in [0.1, 0.15) is 5.82 Å². The summed E-state index contributed by atoms with van der Waals surface area (Å²) in [5.74, 6) is 0.261. The van der Waals surface area contributed by atoms with E-state index >= 15 is 0 Å². The van der Waals surface area contributed by atoms with Gasteiger partial charge >= 0.3 is 0 Å². The summed E-state index contributed by atoms with van der Waals surface area (Å²) in [5, 5.41) is 4.61. The lowest BCUT2D eigenvalue weighted by molar-refractivity contribution is 0.0875. The number of sulfonamides is 1. The lowest BCUT2D eigenvalue weighted by Crippen LogP contribution is -2.48. The van der Waals surface area contributed by atoms with Gasteiger partial charge in [-0.25, -0.2) is 17.5 Å². The molecule has 32 heavy (non-hydrogen) atoms. The molecule has 3 atom stereocenters. The van der Waals surface area contributed by atoms with Crippen molar-refractivity contribution in [2.75, 3.05) is 26.8 Å². The maximum Gasteiger partial charge on any atom is 0.243 e. The second-order valence-electron chi connectivity index (χ2n) is 8.59. The minimum absolute atomic E-state index is 0.0525. The molecule has 1 aromatic heterocycles. The highest BCUT2D eigenvalue weighted by atomic mass is 32.2. The van der Waals surface area contributed by atoms with Crippen LogP contribution in [0.15, 0.2) is 65.7 Å². The molecular formula is C24H26FN3O3S. The van der Waals surface area contributed by atoms with Crippen LogP contribution in [-0.2, 0) is 21.2 Å². The van der Waals surface area contributed by atoms with Gasteiger partial charge < -0.3 is 4.74 Å². The van der Waals surface area contributed by atoms with Gasteiger partial charge in [-0.1, -0.05) is 18.2 Å². The number of ether oxygens (including phenoxy) is 1. The quantitative estimate of drug-likeness (QED) is 0.590. The number of hydrogen-bond donors (Lipinski definition) is 0. The zero-order valence-corrected chi connectivity index (χ0v) is 18.7. The third kappa shape index (κ3) is 3.66. The maximum absolute atomic E-state index is 13.4. The van der Waals surface area contributed by atoms with Crippen molar-refractivity contribution in [3.05, 3.63) is 77.9 Å². The van der Waals surface area contributed by atoms with Crippen molar-refractivity contribution in [3.63, 3.8) is 0 Å². The molecule has 2 heterocycles. The fourth-order valence-electron chi connectivity index (χ4n) is 5.25. The van der Waals surface area contributed by atoms with Crippen molar-refractivity contribution in [1.82, 2.24) is 14.1 Å². The Bertz CT molecular complexity index is 1190. The third-order valence-corrected chi connectivity index (χ3v) is 8.72. The summed E-state index contributed by atoms with van der Waals surface area (Å²) in [6.07, 6.45) is 3.46. The Kier molecular flexibility index (Phi) is 5.61. The summed E-state index contributed by atoms with van der Waals surface area (Å²) in [6, 6.07) is 15.0. The number of benzene rings is 2. The zero-order valence-electron chi connectivity index (χ0n) is 17.9. The highest BCUT2D eigenvalue weighted by Crippen LogP contribution is 2.45. The van der Waals surface area contributed by atoms with Crippen LogP contribution in [0.3, 0.4) is 0 Å². The normalized spacial score (nSPS) is 23.5. The predicted molar refractivity (Wildman–Crippen MR) is 119 cm³/mol. The van der Waals surface area contributed by atoms with Crippen molar-refractivity contribution < 1.29 is 17.5 Å². The van der Waals surface area contributed by atoms with Crippen molar-refractivity contribution in [2.45, 2.75) is 23.7 Å². The molecule has 168 valence electrons. The number of rotatable bonds is 5. The second-order valence-corrected chi connectivity index (χ2v) is 10.5. The molecule has 0 radical (unpaired) electrons.